The number of thiazole rings is 1. The molecule has 3 nitrogen and oxygen atoms in total. The number of aliphatic hydroxyl groups excluding tert-OH is 1. The highest BCUT2D eigenvalue weighted by Crippen LogP contribution is 2.30. The molecule has 2 aromatic heterocycles. The zero-order chi connectivity index (χ0) is 15.3. The Morgan fingerprint density at radius 1 is 1.33 bits per heavy atom. The molecule has 0 unspecified atom stereocenters. The van der Waals surface area contributed by atoms with E-state index in [1.807, 2.05) is 17.5 Å². The first-order valence-electron chi connectivity index (χ1n) is 6.36. The van der Waals surface area contributed by atoms with E-state index in [1.165, 1.54) is 16.2 Å². The van der Waals surface area contributed by atoms with Gasteiger partial charge in [-0.2, -0.15) is 13.2 Å². The van der Waals surface area contributed by atoms with Crippen molar-refractivity contribution in [2.45, 2.75) is 19.1 Å². The first-order valence-corrected chi connectivity index (χ1v) is 8.06. The van der Waals surface area contributed by atoms with Gasteiger partial charge in [-0.25, -0.2) is 4.98 Å². The second-order valence-electron chi connectivity index (χ2n) is 4.51. The molecule has 0 atom stereocenters. The summed E-state index contributed by atoms with van der Waals surface area (Å²) in [6, 6.07) is 3.85. The average Bonchev–Trinajstić information content (AvgIpc) is 3.04. The molecule has 0 bridgehead atoms. The monoisotopic (exact) mass is 336 g/mol. The van der Waals surface area contributed by atoms with Crippen molar-refractivity contribution < 1.29 is 18.3 Å². The van der Waals surface area contributed by atoms with Crippen LogP contribution in [0.5, 0.6) is 0 Å². The van der Waals surface area contributed by atoms with Crippen molar-refractivity contribution in [3.05, 3.63) is 28.6 Å². The van der Waals surface area contributed by atoms with Crippen molar-refractivity contribution in [1.29, 1.82) is 0 Å². The molecule has 1 N–H and O–H groups in total. The third-order valence-electron chi connectivity index (χ3n) is 2.70. The van der Waals surface area contributed by atoms with Gasteiger partial charge >= 0.3 is 6.18 Å². The van der Waals surface area contributed by atoms with Crippen LogP contribution < -0.4 is 0 Å². The Hall–Kier alpha value is -0.960. The highest BCUT2D eigenvalue weighted by Gasteiger charge is 2.30. The summed E-state index contributed by atoms with van der Waals surface area (Å²) in [5.74, 6) is 0. The number of nitrogens with zero attached hydrogens (tertiary/aromatic N) is 2. The van der Waals surface area contributed by atoms with E-state index in [-0.39, 0.29) is 19.7 Å². The van der Waals surface area contributed by atoms with E-state index in [1.54, 1.807) is 17.5 Å². The molecule has 2 heterocycles. The molecule has 0 aliphatic carbocycles. The molecule has 0 amide bonds. The van der Waals surface area contributed by atoms with E-state index in [0.717, 1.165) is 14.8 Å². The van der Waals surface area contributed by atoms with Crippen LogP contribution in [0.2, 0.25) is 0 Å². The summed E-state index contributed by atoms with van der Waals surface area (Å²) in [5, 5.41) is 11.6. The minimum atomic E-state index is -4.24. The average molecular weight is 336 g/mol. The van der Waals surface area contributed by atoms with Gasteiger partial charge in [-0.3, -0.25) is 4.90 Å². The highest BCUT2D eigenvalue weighted by atomic mass is 32.1. The van der Waals surface area contributed by atoms with Crippen LogP contribution in [0.15, 0.2) is 23.7 Å². The third-order valence-corrected chi connectivity index (χ3v) is 4.72. The van der Waals surface area contributed by atoms with Gasteiger partial charge in [-0.05, 0) is 17.9 Å². The predicted octanol–water partition coefficient (Wildman–Crippen LogP) is 3.62. The van der Waals surface area contributed by atoms with E-state index in [2.05, 4.69) is 4.98 Å². The van der Waals surface area contributed by atoms with Gasteiger partial charge in [0.25, 0.3) is 0 Å². The normalized spacial score (nSPS) is 12.2. The summed E-state index contributed by atoms with van der Waals surface area (Å²) in [7, 11) is 0. The van der Waals surface area contributed by atoms with Crippen LogP contribution in [0.1, 0.15) is 11.3 Å². The van der Waals surface area contributed by atoms with Crippen LogP contribution >= 0.6 is 22.7 Å². The maximum absolute atomic E-state index is 12.5. The smallest absolute Gasteiger partial charge is 0.396 e. The zero-order valence-electron chi connectivity index (χ0n) is 11.1. The van der Waals surface area contributed by atoms with Gasteiger partial charge in [0.1, 0.15) is 5.01 Å². The lowest BCUT2D eigenvalue weighted by molar-refractivity contribution is -0.147. The lowest BCUT2D eigenvalue weighted by atomic mass is 10.3. The van der Waals surface area contributed by atoms with Gasteiger partial charge in [0.15, 0.2) is 0 Å². The molecular weight excluding hydrogens is 321 g/mol. The van der Waals surface area contributed by atoms with Crippen LogP contribution in [-0.4, -0.2) is 40.9 Å². The van der Waals surface area contributed by atoms with Crippen molar-refractivity contribution >= 4 is 22.7 Å². The lowest BCUT2D eigenvalue weighted by Crippen LogP contribution is -2.34. The van der Waals surface area contributed by atoms with Gasteiger partial charge in [0, 0.05) is 30.8 Å². The molecule has 8 heteroatoms. The Morgan fingerprint density at radius 3 is 2.76 bits per heavy atom. The lowest BCUT2D eigenvalue weighted by Gasteiger charge is -2.22. The van der Waals surface area contributed by atoms with Gasteiger partial charge < -0.3 is 5.11 Å². The molecule has 0 spiro atoms. The van der Waals surface area contributed by atoms with Crippen LogP contribution in [-0.2, 0) is 6.54 Å². The van der Waals surface area contributed by atoms with Crippen LogP contribution in [0.25, 0.3) is 9.88 Å². The highest BCUT2D eigenvalue weighted by molar-refractivity contribution is 7.20. The van der Waals surface area contributed by atoms with Crippen LogP contribution in [0.3, 0.4) is 0 Å². The number of hydrogen-bond acceptors (Lipinski definition) is 5. The number of aliphatic hydroxyl groups is 1. The summed E-state index contributed by atoms with van der Waals surface area (Å²) >= 11 is 2.96. The second-order valence-corrected chi connectivity index (χ2v) is 6.57. The number of alkyl halides is 3. The van der Waals surface area contributed by atoms with Gasteiger partial charge in [0.2, 0.25) is 0 Å². The van der Waals surface area contributed by atoms with E-state index in [9.17, 15) is 13.2 Å². The van der Waals surface area contributed by atoms with E-state index in [4.69, 9.17) is 5.11 Å². The SMILES string of the molecule is OCCCN(Cc1cnc(-c2cccs2)s1)CC(F)(F)F. The summed E-state index contributed by atoms with van der Waals surface area (Å²) in [6.45, 7) is -0.679. The molecule has 2 rings (SSSR count). The Bertz CT molecular complexity index is 540. The Morgan fingerprint density at radius 2 is 2.14 bits per heavy atom. The fourth-order valence-electron chi connectivity index (χ4n) is 1.88. The molecule has 0 saturated heterocycles. The Kier molecular flexibility index (Phi) is 5.74. The number of halogens is 3. The van der Waals surface area contributed by atoms with Gasteiger partial charge in [0.05, 0.1) is 11.4 Å². The van der Waals surface area contributed by atoms with E-state index < -0.39 is 12.7 Å². The standard InChI is InChI=1S/C13H15F3N2OS2/c14-13(15,16)9-18(4-2-5-19)8-10-7-17-12(21-10)11-3-1-6-20-11/h1,3,6-7,19H,2,4-5,8-9H2. The third kappa shape index (κ3) is 5.39. The molecule has 21 heavy (non-hydrogen) atoms. The maximum Gasteiger partial charge on any atom is 0.401 e. The fourth-order valence-corrected chi connectivity index (χ4v) is 3.64. The van der Waals surface area contributed by atoms with Crippen LogP contribution in [0.4, 0.5) is 13.2 Å². The van der Waals surface area contributed by atoms with E-state index >= 15 is 0 Å². The molecule has 0 aromatic carbocycles. The van der Waals surface area contributed by atoms with Crippen LogP contribution in [0, 0.1) is 0 Å². The maximum atomic E-state index is 12.5. The summed E-state index contributed by atoms with van der Waals surface area (Å²) in [4.78, 5) is 7.36. The summed E-state index contributed by atoms with van der Waals surface area (Å²) in [5.41, 5.74) is 0. The minimum absolute atomic E-state index is 0.114. The number of aromatic nitrogens is 1. The predicted molar refractivity (Wildman–Crippen MR) is 78.5 cm³/mol. The number of rotatable bonds is 7. The quantitative estimate of drug-likeness (QED) is 0.839. The summed E-state index contributed by atoms with van der Waals surface area (Å²) < 4.78 is 37.6. The van der Waals surface area contributed by atoms with Crippen molar-refractivity contribution in [1.82, 2.24) is 9.88 Å². The van der Waals surface area contributed by atoms with E-state index in [0.29, 0.717) is 6.42 Å². The molecule has 0 saturated carbocycles. The molecule has 2 aromatic rings. The molecular formula is C13H15F3N2OS2. The largest absolute Gasteiger partial charge is 0.401 e. The molecule has 0 aliphatic rings. The van der Waals surface area contributed by atoms with Crippen molar-refractivity contribution in [2.75, 3.05) is 19.7 Å². The topological polar surface area (TPSA) is 36.4 Å². The number of hydrogen-bond donors (Lipinski definition) is 1. The Labute approximate surface area is 128 Å². The van der Waals surface area contributed by atoms with Gasteiger partial charge in [-0.1, -0.05) is 6.07 Å². The molecule has 0 radical (unpaired) electrons. The molecule has 0 fully saturated rings. The first-order chi connectivity index (χ1) is 9.98. The number of thiophene rings is 1. The zero-order valence-corrected chi connectivity index (χ0v) is 12.8. The fraction of sp³-hybridized carbons (Fsp3) is 0.462. The molecule has 116 valence electrons. The second kappa shape index (κ2) is 7.35. The van der Waals surface area contributed by atoms with Gasteiger partial charge in [-0.15, -0.1) is 22.7 Å². The summed E-state index contributed by atoms with van der Waals surface area (Å²) in [6.07, 6.45) is -2.29. The Balaban J connectivity index is 2.02. The first kappa shape index (κ1) is 16.4. The molecule has 0 aliphatic heterocycles. The van der Waals surface area contributed by atoms with Crippen molar-refractivity contribution in [3.63, 3.8) is 0 Å². The van der Waals surface area contributed by atoms with Crippen molar-refractivity contribution in [2.24, 2.45) is 0 Å². The van der Waals surface area contributed by atoms with Crippen molar-refractivity contribution in [3.8, 4) is 9.88 Å². The minimum Gasteiger partial charge on any atom is -0.396 e.